The number of hydrogen-bond donors (Lipinski definition) is 2. The van der Waals surface area contributed by atoms with Gasteiger partial charge in [-0.2, -0.15) is 0 Å². The first-order valence-electron chi connectivity index (χ1n) is 4.82. The van der Waals surface area contributed by atoms with Gasteiger partial charge in [-0.15, -0.1) is 6.58 Å². The number of nitrogens with two attached hydrogens (primary N) is 1. The van der Waals surface area contributed by atoms with Crippen LogP contribution in [0.15, 0.2) is 24.8 Å². The summed E-state index contributed by atoms with van der Waals surface area (Å²) < 4.78 is 0. The molecule has 0 bridgehead atoms. The maximum absolute atomic E-state index is 10.8. The SMILES string of the molecule is C=CC[C@H](N)c1c([N+](=O)[O-])ccc(C)c1O. The quantitative estimate of drug-likeness (QED) is 0.464. The van der Waals surface area contributed by atoms with Gasteiger partial charge < -0.3 is 10.8 Å². The van der Waals surface area contributed by atoms with Gasteiger partial charge in [-0.1, -0.05) is 6.08 Å². The second-order valence-corrected chi connectivity index (χ2v) is 3.55. The first-order chi connectivity index (χ1) is 7.49. The van der Waals surface area contributed by atoms with Gasteiger partial charge in [-0.3, -0.25) is 10.1 Å². The number of phenols is 1. The summed E-state index contributed by atoms with van der Waals surface area (Å²) in [5.74, 6) is -0.108. The van der Waals surface area contributed by atoms with E-state index in [-0.39, 0.29) is 17.0 Å². The normalized spacial score (nSPS) is 12.1. The molecule has 0 aliphatic heterocycles. The molecule has 5 nitrogen and oxygen atoms in total. The van der Waals surface area contributed by atoms with Gasteiger partial charge in [0.2, 0.25) is 0 Å². The minimum Gasteiger partial charge on any atom is -0.507 e. The number of hydrogen-bond acceptors (Lipinski definition) is 4. The van der Waals surface area contributed by atoms with Crippen LogP contribution in [0.1, 0.15) is 23.6 Å². The second kappa shape index (κ2) is 4.76. The zero-order valence-electron chi connectivity index (χ0n) is 9.01. The van der Waals surface area contributed by atoms with Gasteiger partial charge in [0.25, 0.3) is 5.69 Å². The Labute approximate surface area is 93.4 Å². The van der Waals surface area contributed by atoms with Crippen LogP contribution in [0, 0.1) is 17.0 Å². The standard InChI is InChI=1S/C11H14N2O3/c1-3-4-8(12)10-9(13(15)16)6-5-7(2)11(10)14/h3,5-6,8,14H,1,4,12H2,2H3/t8-/m0/s1. The molecule has 1 aromatic rings. The average molecular weight is 222 g/mol. The fourth-order valence-corrected chi connectivity index (χ4v) is 1.53. The van der Waals surface area contributed by atoms with Gasteiger partial charge in [0.1, 0.15) is 5.75 Å². The maximum atomic E-state index is 10.8. The van der Waals surface area contributed by atoms with E-state index in [2.05, 4.69) is 6.58 Å². The average Bonchev–Trinajstić information content (AvgIpc) is 2.21. The van der Waals surface area contributed by atoms with E-state index in [0.29, 0.717) is 12.0 Å². The van der Waals surface area contributed by atoms with E-state index in [0.717, 1.165) is 0 Å². The van der Waals surface area contributed by atoms with E-state index >= 15 is 0 Å². The molecule has 1 aromatic carbocycles. The van der Waals surface area contributed by atoms with Crippen LogP contribution in [0.2, 0.25) is 0 Å². The van der Waals surface area contributed by atoms with E-state index in [4.69, 9.17) is 5.73 Å². The lowest BCUT2D eigenvalue weighted by molar-refractivity contribution is -0.385. The van der Waals surface area contributed by atoms with Gasteiger partial charge in [-0.25, -0.2) is 0 Å². The summed E-state index contributed by atoms with van der Waals surface area (Å²) >= 11 is 0. The molecule has 1 atom stereocenters. The minimum atomic E-state index is -0.613. The lowest BCUT2D eigenvalue weighted by atomic mass is 9.99. The summed E-state index contributed by atoms with van der Waals surface area (Å²) in [6, 6.07) is 2.24. The summed E-state index contributed by atoms with van der Waals surface area (Å²) in [5, 5.41) is 20.6. The van der Waals surface area contributed by atoms with Crippen molar-refractivity contribution in [3.63, 3.8) is 0 Å². The molecular formula is C11H14N2O3. The molecule has 0 fully saturated rings. The summed E-state index contributed by atoms with van der Waals surface area (Å²) in [7, 11) is 0. The third kappa shape index (κ3) is 2.20. The van der Waals surface area contributed by atoms with E-state index in [9.17, 15) is 15.2 Å². The molecule has 0 spiro atoms. The molecule has 3 N–H and O–H groups in total. The van der Waals surface area contributed by atoms with Crippen molar-refractivity contribution in [3.05, 3.63) is 46.0 Å². The van der Waals surface area contributed by atoms with Gasteiger partial charge in [-0.05, 0) is 25.0 Å². The molecule has 86 valence electrons. The molecule has 0 amide bonds. The van der Waals surface area contributed by atoms with Crippen LogP contribution in [-0.4, -0.2) is 10.0 Å². The number of aromatic hydroxyl groups is 1. The van der Waals surface area contributed by atoms with Crippen molar-refractivity contribution in [1.82, 2.24) is 0 Å². The van der Waals surface area contributed by atoms with Crippen LogP contribution >= 0.6 is 0 Å². The predicted molar refractivity (Wildman–Crippen MR) is 61.2 cm³/mol. The fourth-order valence-electron chi connectivity index (χ4n) is 1.53. The number of rotatable bonds is 4. The van der Waals surface area contributed by atoms with E-state index < -0.39 is 11.0 Å². The van der Waals surface area contributed by atoms with Gasteiger partial charge in [0, 0.05) is 12.1 Å². The Bertz CT molecular complexity index is 429. The van der Waals surface area contributed by atoms with E-state index in [1.165, 1.54) is 12.1 Å². The van der Waals surface area contributed by atoms with Crippen LogP contribution in [0.5, 0.6) is 5.75 Å². The highest BCUT2D eigenvalue weighted by atomic mass is 16.6. The fraction of sp³-hybridized carbons (Fsp3) is 0.273. The van der Waals surface area contributed by atoms with Crippen molar-refractivity contribution >= 4 is 5.69 Å². The Hall–Kier alpha value is -1.88. The molecule has 0 saturated carbocycles. The molecule has 5 heteroatoms. The van der Waals surface area contributed by atoms with Gasteiger partial charge in [0.15, 0.2) is 0 Å². The Morgan fingerprint density at radius 3 is 2.81 bits per heavy atom. The summed E-state index contributed by atoms with van der Waals surface area (Å²) in [5.41, 5.74) is 6.36. The molecule has 0 radical (unpaired) electrons. The minimum absolute atomic E-state index is 0.108. The molecule has 0 saturated heterocycles. The molecule has 0 heterocycles. The molecule has 1 rings (SSSR count). The Kier molecular flexibility index (Phi) is 3.63. The first-order valence-corrected chi connectivity index (χ1v) is 4.82. The van der Waals surface area contributed by atoms with Crippen molar-refractivity contribution in [3.8, 4) is 5.75 Å². The summed E-state index contributed by atoms with van der Waals surface area (Å²) in [6.45, 7) is 5.19. The number of benzene rings is 1. The highest BCUT2D eigenvalue weighted by Crippen LogP contribution is 2.35. The van der Waals surface area contributed by atoms with E-state index in [1.54, 1.807) is 13.0 Å². The second-order valence-electron chi connectivity index (χ2n) is 3.55. The smallest absolute Gasteiger partial charge is 0.277 e. The third-order valence-corrected chi connectivity index (χ3v) is 2.38. The topological polar surface area (TPSA) is 89.4 Å². The van der Waals surface area contributed by atoms with Crippen molar-refractivity contribution in [2.45, 2.75) is 19.4 Å². The number of nitro groups is 1. The van der Waals surface area contributed by atoms with Crippen molar-refractivity contribution in [1.29, 1.82) is 0 Å². The summed E-state index contributed by atoms with van der Waals surface area (Å²) in [6.07, 6.45) is 1.94. The number of nitro benzene ring substituents is 1. The lowest BCUT2D eigenvalue weighted by Crippen LogP contribution is -2.12. The number of nitrogens with zero attached hydrogens (tertiary/aromatic N) is 1. The van der Waals surface area contributed by atoms with Crippen LogP contribution in [0.4, 0.5) is 5.69 Å². The van der Waals surface area contributed by atoms with Gasteiger partial charge in [0.05, 0.1) is 10.5 Å². The molecular weight excluding hydrogens is 208 g/mol. The van der Waals surface area contributed by atoms with Gasteiger partial charge >= 0.3 is 0 Å². The lowest BCUT2D eigenvalue weighted by Gasteiger charge is -2.13. The summed E-state index contributed by atoms with van der Waals surface area (Å²) in [4.78, 5) is 10.3. The van der Waals surface area contributed by atoms with Crippen LogP contribution in [-0.2, 0) is 0 Å². The van der Waals surface area contributed by atoms with Crippen molar-refractivity contribution in [2.24, 2.45) is 5.73 Å². The van der Waals surface area contributed by atoms with Crippen molar-refractivity contribution < 1.29 is 10.0 Å². The monoisotopic (exact) mass is 222 g/mol. The largest absolute Gasteiger partial charge is 0.507 e. The van der Waals surface area contributed by atoms with E-state index in [1.807, 2.05) is 0 Å². The molecule has 16 heavy (non-hydrogen) atoms. The van der Waals surface area contributed by atoms with Crippen LogP contribution in [0.25, 0.3) is 0 Å². The van der Waals surface area contributed by atoms with Crippen LogP contribution < -0.4 is 5.73 Å². The number of aryl methyl sites for hydroxylation is 1. The zero-order valence-corrected chi connectivity index (χ0v) is 9.01. The van der Waals surface area contributed by atoms with Crippen LogP contribution in [0.3, 0.4) is 0 Å². The molecule has 0 aromatic heterocycles. The molecule has 0 aliphatic rings. The highest BCUT2D eigenvalue weighted by Gasteiger charge is 2.23. The zero-order chi connectivity index (χ0) is 12.3. The molecule has 0 unspecified atom stereocenters. The molecule has 0 aliphatic carbocycles. The predicted octanol–water partition coefficient (Wildman–Crippen LogP) is 2.18. The third-order valence-electron chi connectivity index (χ3n) is 2.38. The Morgan fingerprint density at radius 1 is 1.69 bits per heavy atom. The Balaban J connectivity index is 3.36. The number of phenolic OH excluding ortho intramolecular Hbond substituents is 1. The maximum Gasteiger partial charge on any atom is 0.277 e. The Morgan fingerprint density at radius 2 is 2.31 bits per heavy atom. The first kappa shape index (κ1) is 12.2. The van der Waals surface area contributed by atoms with Crippen molar-refractivity contribution in [2.75, 3.05) is 0 Å². The highest BCUT2D eigenvalue weighted by molar-refractivity contribution is 5.54.